The Morgan fingerprint density at radius 3 is 2.05 bits per heavy atom. The Kier molecular flexibility index (Phi) is 13.1. The quantitative estimate of drug-likeness (QED) is 0.272. The number of nitrogens with zero attached hydrogens (tertiary/aromatic N) is 3. The first-order valence-electron chi connectivity index (χ1n) is 16.9. The summed E-state index contributed by atoms with van der Waals surface area (Å²) in [4.78, 5) is 59.6. The van der Waals surface area contributed by atoms with Crippen LogP contribution in [0.25, 0.3) is 0 Å². The number of rotatable bonds is 11. The number of carbonyl (C=O) groups is 4. The van der Waals surface area contributed by atoms with Gasteiger partial charge in [-0.25, -0.2) is 4.79 Å². The smallest absolute Gasteiger partial charge is 0.329 e. The van der Waals surface area contributed by atoms with Crippen LogP contribution < -0.4 is 5.32 Å². The maximum atomic E-state index is 13.9. The molecule has 244 valence electrons. The number of hydrogen-bond donors (Lipinski definition) is 1. The van der Waals surface area contributed by atoms with Gasteiger partial charge in [-0.05, 0) is 90.5 Å². The molecular weight excluding hydrogens is 544 g/mol. The van der Waals surface area contributed by atoms with Gasteiger partial charge in [0, 0.05) is 25.2 Å². The van der Waals surface area contributed by atoms with Gasteiger partial charge in [-0.2, -0.15) is 0 Å². The molecule has 3 amide bonds. The van der Waals surface area contributed by atoms with Crippen molar-refractivity contribution < 1.29 is 23.9 Å². The van der Waals surface area contributed by atoms with Crippen molar-refractivity contribution in [2.75, 3.05) is 20.1 Å². The van der Waals surface area contributed by atoms with Gasteiger partial charge in [0.1, 0.15) is 18.2 Å². The third-order valence-electron chi connectivity index (χ3n) is 9.60. The van der Waals surface area contributed by atoms with Crippen LogP contribution in [0.1, 0.15) is 113 Å². The summed E-state index contributed by atoms with van der Waals surface area (Å²) >= 11 is 0. The lowest BCUT2D eigenvalue weighted by molar-refractivity contribution is -0.158. The lowest BCUT2D eigenvalue weighted by Crippen LogP contribution is -2.58. The van der Waals surface area contributed by atoms with Crippen molar-refractivity contribution in [1.29, 1.82) is 0 Å². The Labute approximate surface area is 260 Å². The van der Waals surface area contributed by atoms with E-state index in [4.69, 9.17) is 4.74 Å². The third-order valence-corrected chi connectivity index (χ3v) is 9.60. The number of piperidine rings is 1. The predicted octanol–water partition coefficient (Wildman–Crippen LogP) is 4.69. The highest BCUT2D eigenvalue weighted by molar-refractivity contribution is 5.96. The first-order valence-corrected chi connectivity index (χ1v) is 16.9. The van der Waals surface area contributed by atoms with Crippen LogP contribution in [0, 0.1) is 11.8 Å². The molecule has 3 rings (SSSR count). The molecule has 0 aromatic heterocycles. The molecule has 2 unspecified atom stereocenters. The minimum Gasteiger partial charge on any atom is -0.461 e. The number of carbonyl (C=O) groups excluding carboxylic acids is 4. The average molecular weight is 603 g/mol. The molecule has 1 aliphatic carbocycles. The first-order chi connectivity index (χ1) is 20.3. The molecule has 0 aromatic carbocycles. The second-order valence-corrected chi connectivity index (χ2v) is 14.0. The second-order valence-electron chi connectivity index (χ2n) is 14.0. The standard InChI is InChI=1S/C34H58N4O5/c1-22(2)29(21-25(7)32(40)38-20-14-18-28(38)34(42)43-26-15-10-9-11-16-26)36(8)33(41)30(23(3)4)35-31(39)27-17-12-13-19-37(27)24(5)6/h21-24,26-30H,9-20H2,1-8H3,(H,35,39)/b25-21+/t27?,28?,29-,30+/m1/s1. The number of amides is 3. The molecule has 0 bridgehead atoms. The highest BCUT2D eigenvalue weighted by atomic mass is 16.5. The summed E-state index contributed by atoms with van der Waals surface area (Å²) in [7, 11) is 1.75. The fraction of sp³-hybridized carbons (Fsp3) is 0.824. The molecule has 43 heavy (non-hydrogen) atoms. The minimum absolute atomic E-state index is 0.0284. The Morgan fingerprint density at radius 1 is 0.814 bits per heavy atom. The van der Waals surface area contributed by atoms with E-state index in [1.165, 1.54) is 6.42 Å². The molecule has 0 spiro atoms. The summed E-state index contributed by atoms with van der Waals surface area (Å²) in [6.07, 6.45) is 11.2. The van der Waals surface area contributed by atoms with Crippen molar-refractivity contribution in [1.82, 2.24) is 20.0 Å². The maximum absolute atomic E-state index is 13.9. The van der Waals surface area contributed by atoms with E-state index in [0.29, 0.717) is 18.5 Å². The van der Waals surface area contributed by atoms with Crippen molar-refractivity contribution in [3.8, 4) is 0 Å². The zero-order valence-electron chi connectivity index (χ0n) is 28.1. The number of esters is 1. The van der Waals surface area contributed by atoms with E-state index in [1.54, 1.807) is 23.8 Å². The van der Waals surface area contributed by atoms with E-state index >= 15 is 0 Å². The lowest BCUT2D eigenvalue weighted by Gasteiger charge is -2.39. The summed E-state index contributed by atoms with van der Waals surface area (Å²) in [5.74, 6) is -0.801. The average Bonchev–Trinajstić information content (AvgIpc) is 3.47. The Balaban J connectivity index is 1.71. The Bertz CT molecular complexity index is 1000. The number of ether oxygens (including phenoxy) is 1. The third kappa shape index (κ3) is 9.05. The Morgan fingerprint density at radius 2 is 1.44 bits per heavy atom. The normalized spacial score (nSPS) is 23.9. The number of likely N-dealkylation sites (tertiary alicyclic amines) is 2. The molecule has 9 heteroatoms. The Hall–Kier alpha value is -2.42. The van der Waals surface area contributed by atoms with E-state index in [9.17, 15) is 19.2 Å². The molecule has 2 saturated heterocycles. The van der Waals surface area contributed by atoms with Gasteiger partial charge in [0.05, 0.1) is 12.1 Å². The van der Waals surface area contributed by atoms with Crippen LogP contribution in [0.15, 0.2) is 11.6 Å². The van der Waals surface area contributed by atoms with Crippen molar-refractivity contribution in [2.45, 2.75) is 149 Å². The highest BCUT2D eigenvalue weighted by Crippen LogP contribution is 2.26. The topological polar surface area (TPSA) is 99.3 Å². The molecule has 1 N–H and O–H groups in total. The van der Waals surface area contributed by atoms with Crippen LogP contribution in [0.3, 0.4) is 0 Å². The molecule has 3 aliphatic rings. The molecule has 2 heterocycles. The van der Waals surface area contributed by atoms with Gasteiger partial charge in [0.15, 0.2) is 0 Å². The number of nitrogens with one attached hydrogen (secondary N) is 1. The van der Waals surface area contributed by atoms with E-state index in [-0.39, 0.29) is 59.8 Å². The molecule has 9 nitrogen and oxygen atoms in total. The van der Waals surface area contributed by atoms with Crippen LogP contribution in [0.4, 0.5) is 0 Å². The fourth-order valence-electron chi connectivity index (χ4n) is 6.97. The maximum Gasteiger partial charge on any atom is 0.329 e. The van der Waals surface area contributed by atoms with Gasteiger partial charge in [-0.15, -0.1) is 0 Å². The van der Waals surface area contributed by atoms with Gasteiger partial charge in [0.25, 0.3) is 0 Å². The molecule has 0 radical (unpaired) electrons. The highest BCUT2D eigenvalue weighted by Gasteiger charge is 2.39. The summed E-state index contributed by atoms with van der Waals surface area (Å²) in [5, 5.41) is 3.10. The predicted molar refractivity (Wildman–Crippen MR) is 169 cm³/mol. The summed E-state index contributed by atoms with van der Waals surface area (Å²) in [6.45, 7) is 15.3. The van der Waals surface area contributed by atoms with E-state index < -0.39 is 12.1 Å². The molecule has 3 fully saturated rings. The molecule has 4 atom stereocenters. The summed E-state index contributed by atoms with van der Waals surface area (Å²) in [5.41, 5.74) is 0.510. The molecule has 2 aliphatic heterocycles. The second kappa shape index (κ2) is 16.1. The van der Waals surface area contributed by atoms with Crippen molar-refractivity contribution in [2.24, 2.45) is 11.8 Å². The summed E-state index contributed by atoms with van der Waals surface area (Å²) < 4.78 is 5.83. The van der Waals surface area contributed by atoms with Crippen LogP contribution in [0.5, 0.6) is 0 Å². The van der Waals surface area contributed by atoms with Gasteiger partial charge in [-0.1, -0.05) is 46.6 Å². The van der Waals surface area contributed by atoms with Gasteiger partial charge in [-0.3, -0.25) is 19.3 Å². The molecule has 1 saturated carbocycles. The monoisotopic (exact) mass is 602 g/mol. The fourth-order valence-corrected chi connectivity index (χ4v) is 6.97. The van der Waals surface area contributed by atoms with Crippen LogP contribution in [0.2, 0.25) is 0 Å². The van der Waals surface area contributed by atoms with E-state index in [0.717, 1.165) is 57.9 Å². The molecular formula is C34H58N4O5. The summed E-state index contributed by atoms with van der Waals surface area (Å²) in [6, 6.07) is -1.55. The zero-order valence-corrected chi connectivity index (χ0v) is 28.1. The minimum atomic E-state index is -0.670. The van der Waals surface area contributed by atoms with Crippen molar-refractivity contribution in [3.63, 3.8) is 0 Å². The number of hydrogen-bond acceptors (Lipinski definition) is 6. The van der Waals surface area contributed by atoms with Crippen LogP contribution in [-0.4, -0.2) is 94.8 Å². The lowest BCUT2D eigenvalue weighted by atomic mass is 9.95. The van der Waals surface area contributed by atoms with Gasteiger partial charge < -0.3 is 19.9 Å². The largest absolute Gasteiger partial charge is 0.461 e. The van der Waals surface area contributed by atoms with Crippen molar-refractivity contribution in [3.05, 3.63) is 11.6 Å². The van der Waals surface area contributed by atoms with E-state index in [1.807, 2.05) is 33.8 Å². The van der Waals surface area contributed by atoms with Crippen LogP contribution >= 0.6 is 0 Å². The molecule has 0 aromatic rings. The van der Waals surface area contributed by atoms with Crippen LogP contribution in [-0.2, 0) is 23.9 Å². The van der Waals surface area contributed by atoms with E-state index in [2.05, 4.69) is 24.1 Å². The zero-order chi connectivity index (χ0) is 31.8. The van der Waals surface area contributed by atoms with Gasteiger partial charge in [0.2, 0.25) is 17.7 Å². The van der Waals surface area contributed by atoms with Gasteiger partial charge >= 0.3 is 5.97 Å². The first kappa shape index (κ1) is 35.1. The van der Waals surface area contributed by atoms with Crippen molar-refractivity contribution >= 4 is 23.7 Å². The SMILES string of the molecule is C/C(=C\[C@H](C(C)C)N(C)C(=O)[C@@H](NC(=O)C1CCCCN1C(C)C)C(C)C)C(=O)N1CCCC1C(=O)OC1CCCCC1. The number of likely N-dealkylation sites (N-methyl/N-ethyl adjacent to an activating group) is 1.